The maximum Gasteiger partial charge on any atom is 0.0178 e. The van der Waals surface area contributed by atoms with Crippen LogP contribution in [0.1, 0.15) is 49.4 Å². The first kappa shape index (κ1) is 38.2. The molecule has 0 atom stereocenters. The van der Waals surface area contributed by atoms with Gasteiger partial charge in [0.05, 0.1) is 0 Å². The molecule has 0 heterocycles. The third-order valence-corrected chi connectivity index (χ3v) is 10.2. The van der Waals surface area contributed by atoms with Crippen molar-refractivity contribution in [1.29, 1.82) is 0 Å². The largest absolute Gasteiger partial charge is 0.0990 e. The van der Waals surface area contributed by atoms with Gasteiger partial charge in [-0.1, -0.05) is 199 Å². The third kappa shape index (κ3) is 9.34. The molecule has 0 aliphatic heterocycles. The molecule has 0 saturated carbocycles. The second-order valence-corrected chi connectivity index (χ2v) is 14.2. The first-order chi connectivity index (χ1) is 26.5. The molecule has 1 aliphatic carbocycles. The molecule has 0 unspecified atom stereocenters. The molecular weight excluding hydrogens is 763 g/mol. The van der Waals surface area contributed by atoms with Crippen LogP contribution in [0.25, 0.3) is 38.3 Å². The number of halogens is 1. The Morgan fingerprint density at radius 2 is 1.35 bits per heavy atom. The quantitative estimate of drug-likeness (QED) is 0.0510. The summed E-state index contributed by atoms with van der Waals surface area (Å²) >= 11 is 2.38. The molecule has 0 fully saturated rings. The summed E-state index contributed by atoms with van der Waals surface area (Å²) in [6, 6.07) is 39.9. The predicted molar refractivity (Wildman–Crippen MR) is 248 cm³/mol. The molecule has 1 aliphatic rings. The van der Waals surface area contributed by atoms with E-state index in [1.165, 1.54) is 77.2 Å². The Morgan fingerprint density at radius 3 is 2.06 bits per heavy atom. The summed E-state index contributed by atoms with van der Waals surface area (Å²) in [4.78, 5) is 0. The molecule has 1 heteroatoms. The van der Waals surface area contributed by atoms with Crippen molar-refractivity contribution in [3.8, 4) is 0 Å². The molecule has 5 aromatic rings. The molecule has 0 radical (unpaired) electrons. The predicted octanol–water partition coefficient (Wildman–Crippen LogP) is 15.4. The van der Waals surface area contributed by atoms with E-state index in [0.717, 1.165) is 16.4 Å². The Hall–Kier alpha value is -5.51. The zero-order valence-electron chi connectivity index (χ0n) is 31.5. The smallest absolute Gasteiger partial charge is 0.0178 e. The van der Waals surface area contributed by atoms with Crippen LogP contribution in [0.2, 0.25) is 0 Å². The molecule has 0 aromatic heterocycles. The van der Waals surface area contributed by atoms with Gasteiger partial charge in [-0.15, -0.1) is 0 Å². The van der Waals surface area contributed by atoms with Gasteiger partial charge in [0.15, 0.2) is 0 Å². The van der Waals surface area contributed by atoms with E-state index in [9.17, 15) is 0 Å². The molecule has 0 spiro atoms. The first-order valence-electron chi connectivity index (χ1n) is 18.6. The van der Waals surface area contributed by atoms with Gasteiger partial charge in [-0.2, -0.15) is 0 Å². The van der Waals surface area contributed by atoms with Gasteiger partial charge in [0.2, 0.25) is 0 Å². The molecule has 54 heavy (non-hydrogen) atoms. The Labute approximate surface area is 335 Å². The fourth-order valence-corrected chi connectivity index (χ4v) is 7.20. The molecular formula is C53H47I. The maximum absolute atomic E-state index is 4.06. The summed E-state index contributed by atoms with van der Waals surface area (Å²) in [5.74, 6) is 0. The Kier molecular flexibility index (Phi) is 13.5. The molecule has 5 aromatic carbocycles. The number of benzene rings is 5. The monoisotopic (exact) mass is 810 g/mol. The second kappa shape index (κ2) is 19.0. The van der Waals surface area contributed by atoms with Gasteiger partial charge < -0.3 is 0 Å². The number of rotatable bonds is 12. The van der Waals surface area contributed by atoms with E-state index in [2.05, 4.69) is 238 Å². The van der Waals surface area contributed by atoms with Gasteiger partial charge in [-0.05, 0) is 134 Å². The van der Waals surface area contributed by atoms with Crippen molar-refractivity contribution >= 4 is 60.9 Å². The maximum atomic E-state index is 4.06. The summed E-state index contributed by atoms with van der Waals surface area (Å²) < 4.78 is 0.979. The molecule has 0 amide bonds. The number of hydrogen-bond donors (Lipinski definition) is 0. The van der Waals surface area contributed by atoms with Crippen LogP contribution in [0.5, 0.6) is 0 Å². The van der Waals surface area contributed by atoms with Crippen molar-refractivity contribution < 1.29 is 0 Å². The molecule has 0 nitrogen and oxygen atoms in total. The highest BCUT2D eigenvalue weighted by atomic mass is 127. The molecule has 0 saturated heterocycles. The average molecular weight is 811 g/mol. The van der Waals surface area contributed by atoms with E-state index < -0.39 is 0 Å². The van der Waals surface area contributed by atoms with Crippen molar-refractivity contribution in [2.45, 2.75) is 27.2 Å². The fraction of sp³-hybridized carbons (Fsp3) is 0.0943. The van der Waals surface area contributed by atoms with Crippen LogP contribution < -0.4 is 0 Å². The van der Waals surface area contributed by atoms with Crippen LogP contribution in [-0.4, -0.2) is 4.43 Å². The van der Waals surface area contributed by atoms with Crippen molar-refractivity contribution in [2.24, 2.45) is 0 Å². The molecule has 0 N–H and O–H groups in total. The standard InChI is InChI=1S/C53H47I/c1-5-8-11-24-47-37-53(40-20-12-10-13-21-40)50(33-43(18-7-3)39(4)19-16-17-32-54)38-52(47)42-28-26-41(27-29-42)51(25-9-6-2)48-31-30-46-34-44-22-14-15-23-45(44)35-49(46)36-48/h5-31,33-37H,3,32,38H2,1-2,4H3/b8-5-,9-6-,17-16-,24-11-,39-19+,43-18+,50-33+,51-25-. The van der Waals surface area contributed by atoms with Crippen molar-refractivity contribution in [3.05, 3.63) is 245 Å². The SMILES string of the molecule is C=C/C=C(\C=C1/CC(c2ccc(/C(=C/C=C\C)c3ccc4cc5ccccc5cc4c3)cc2)=C(/C=C\C=C/C)C=C1c1ccccc1)C(/C)=C/C=C\CI. The van der Waals surface area contributed by atoms with Gasteiger partial charge >= 0.3 is 0 Å². The summed E-state index contributed by atoms with van der Waals surface area (Å²) in [5.41, 5.74) is 13.4. The number of fused-ring (bicyclic) bond motifs is 2. The van der Waals surface area contributed by atoms with Gasteiger partial charge in [0.25, 0.3) is 0 Å². The van der Waals surface area contributed by atoms with Gasteiger partial charge in [0, 0.05) is 4.43 Å². The minimum atomic E-state index is 0.792. The average Bonchev–Trinajstić information content (AvgIpc) is 3.21. The molecule has 6 rings (SSSR count). The second-order valence-electron chi connectivity index (χ2n) is 13.3. The fourth-order valence-electron chi connectivity index (χ4n) is 6.90. The molecule has 266 valence electrons. The zero-order valence-corrected chi connectivity index (χ0v) is 33.6. The lowest BCUT2D eigenvalue weighted by molar-refractivity contribution is 1.24. The normalized spacial score (nSPS) is 15.6. The van der Waals surface area contributed by atoms with E-state index in [1.807, 2.05) is 6.08 Å². The summed E-state index contributed by atoms with van der Waals surface area (Å²) in [5, 5.41) is 5.02. The lowest BCUT2D eigenvalue weighted by atomic mass is 9.80. The minimum Gasteiger partial charge on any atom is -0.0990 e. The minimum absolute atomic E-state index is 0.792. The van der Waals surface area contributed by atoms with E-state index >= 15 is 0 Å². The van der Waals surface area contributed by atoms with Crippen LogP contribution in [0.15, 0.2) is 223 Å². The number of alkyl halides is 1. The van der Waals surface area contributed by atoms with Crippen LogP contribution in [0.4, 0.5) is 0 Å². The number of allylic oxidation sites excluding steroid dienone is 20. The third-order valence-electron chi connectivity index (χ3n) is 9.70. The van der Waals surface area contributed by atoms with E-state index in [-0.39, 0.29) is 0 Å². The highest BCUT2D eigenvalue weighted by molar-refractivity contribution is 14.1. The Morgan fingerprint density at radius 1 is 0.667 bits per heavy atom. The Balaban J connectivity index is 1.45. The van der Waals surface area contributed by atoms with Crippen molar-refractivity contribution in [2.75, 3.05) is 4.43 Å². The topological polar surface area (TPSA) is 0 Å². The highest BCUT2D eigenvalue weighted by Gasteiger charge is 2.20. The van der Waals surface area contributed by atoms with E-state index in [4.69, 9.17) is 0 Å². The summed E-state index contributed by atoms with van der Waals surface area (Å²) in [6.45, 7) is 10.4. The highest BCUT2D eigenvalue weighted by Crippen LogP contribution is 2.41. The first-order valence-corrected chi connectivity index (χ1v) is 20.1. The van der Waals surface area contributed by atoms with Gasteiger partial charge in [-0.25, -0.2) is 0 Å². The van der Waals surface area contributed by atoms with Crippen LogP contribution in [0.3, 0.4) is 0 Å². The van der Waals surface area contributed by atoms with Crippen LogP contribution in [-0.2, 0) is 0 Å². The number of hydrogen-bond acceptors (Lipinski definition) is 0. The van der Waals surface area contributed by atoms with Crippen molar-refractivity contribution in [3.63, 3.8) is 0 Å². The van der Waals surface area contributed by atoms with E-state index in [1.54, 1.807) is 0 Å². The van der Waals surface area contributed by atoms with Crippen molar-refractivity contribution in [1.82, 2.24) is 0 Å². The van der Waals surface area contributed by atoms with Gasteiger partial charge in [-0.3, -0.25) is 0 Å². The van der Waals surface area contributed by atoms with Gasteiger partial charge in [0.1, 0.15) is 0 Å². The lowest BCUT2D eigenvalue weighted by Crippen LogP contribution is -2.03. The summed E-state index contributed by atoms with van der Waals surface area (Å²) in [6.07, 6.45) is 31.1. The molecule has 0 bridgehead atoms. The van der Waals surface area contributed by atoms with E-state index in [0.29, 0.717) is 0 Å². The summed E-state index contributed by atoms with van der Waals surface area (Å²) in [7, 11) is 0. The van der Waals surface area contributed by atoms with Crippen LogP contribution in [0, 0.1) is 0 Å². The Bertz CT molecular complexity index is 2450. The lowest BCUT2D eigenvalue weighted by Gasteiger charge is -2.24. The zero-order chi connectivity index (χ0) is 37.7. The van der Waals surface area contributed by atoms with Crippen LogP contribution >= 0.6 is 22.6 Å².